The van der Waals surface area contributed by atoms with E-state index < -0.39 is 0 Å². The summed E-state index contributed by atoms with van der Waals surface area (Å²) < 4.78 is 1.64. The number of fused-ring (bicyclic) bond motifs is 1. The molecule has 114 valence electrons. The first-order valence-electron chi connectivity index (χ1n) is 6.97. The maximum absolute atomic E-state index is 12.5. The van der Waals surface area contributed by atoms with E-state index in [2.05, 4.69) is 11.2 Å². The van der Waals surface area contributed by atoms with Gasteiger partial charge in [-0.1, -0.05) is 29.8 Å². The van der Waals surface area contributed by atoms with Crippen LogP contribution in [0.1, 0.15) is 5.56 Å². The van der Waals surface area contributed by atoms with Gasteiger partial charge in [0.2, 0.25) is 5.91 Å². The summed E-state index contributed by atoms with van der Waals surface area (Å²) in [7, 11) is 1.63. The van der Waals surface area contributed by atoms with Crippen molar-refractivity contribution in [3.05, 3.63) is 59.2 Å². The van der Waals surface area contributed by atoms with Crippen molar-refractivity contribution >= 4 is 34.1 Å². The van der Waals surface area contributed by atoms with Gasteiger partial charge in [0.1, 0.15) is 12.6 Å². The van der Waals surface area contributed by atoms with Gasteiger partial charge in [0.25, 0.3) is 0 Å². The average Bonchev–Trinajstić information content (AvgIpc) is 2.97. The van der Waals surface area contributed by atoms with Gasteiger partial charge in [0.15, 0.2) is 0 Å². The molecule has 1 aromatic heterocycles. The van der Waals surface area contributed by atoms with Crippen LogP contribution in [0.4, 0.5) is 5.69 Å². The van der Waals surface area contributed by atoms with Crippen molar-refractivity contribution < 1.29 is 4.79 Å². The zero-order chi connectivity index (χ0) is 16.4. The summed E-state index contributed by atoms with van der Waals surface area (Å²) in [6.45, 7) is 0.0847. The number of carbonyl (C=O) groups excluding carboxylic acids is 1. The molecule has 0 radical (unpaired) electrons. The van der Waals surface area contributed by atoms with E-state index in [0.717, 1.165) is 10.9 Å². The maximum atomic E-state index is 12.5. The third-order valence-corrected chi connectivity index (χ3v) is 3.89. The van der Waals surface area contributed by atoms with Crippen molar-refractivity contribution in [3.63, 3.8) is 0 Å². The van der Waals surface area contributed by atoms with Gasteiger partial charge >= 0.3 is 0 Å². The van der Waals surface area contributed by atoms with Gasteiger partial charge in [-0.15, -0.1) is 0 Å². The van der Waals surface area contributed by atoms with Gasteiger partial charge < -0.3 is 4.90 Å². The van der Waals surface area contributed by atoms with Gasteiger partial charge in [0.05, 0.1) is 23.0 Å². The third-order valence-electron chi connectivity index (χ3n) is 3.65. The third kappa shape index (κ3) is 2.89. The smallest absolute Gasteiger partial charge is 0.248 e. The number of hydrogen-bond acceptors (Lipinski definition) is 3. The van der Waals surface area contributed by atoms with Crippen molar-refractivity contribution in [2.24, 2.45) is 0 Å². The minimum atomic E-state index is -0.183. The lowest BCUT2D eigenvalue weighted by molar-refractivity contribution is -0.119. The van der Waals surface area contributed by atoms with Crippen LogP contribution in [0, 0.1) is 11.3 Å². The minimum absolute atomic E-state index is 0.0847. The van der Waals surface area contributed by atoms with E-state index >= 15 is 0 Å². The first-order chi connectivity index (χ1) is 11.1. The number of amides is 1. The number of nitrogens with zero attached hydrogens (tertiary/aromatic N) is 4. The number of carbonyl (C=O) groups is 1. The number of aromatic nitrogens is 2. The Kier molecular flexibility index (Phi) is 4.00. The van der Waals surface area contributed by atoms with Gasteiger partial charge in [-0.05, 0) is 24.3 Å². The zero-order valence-corrected chi connectivity index (χ0v) is 13.2. The zero-order valence-electron chi connectivity index (χ0n) is 12.4. The Morgan fingerprint density at radius 1 is 1.35 bits per heavy atom. The highest BCUT2D eigenvalue weighted by Gasteiger charge is 2.17. The molecule has 1 amide bonds. The van der Waals surface area contributed by atoms with Gasteiger partial charge in [0, 0.05) is 17.5 Å². The number of halogens is 1. The molecule has 5 nitrogen and oxygen atoms in total. The monoisotopic (exact) mass is 324 g/mol. The highest BCUT2D eigenvalue weighted by molar-refractivity contribution is 6.31. The average molecular weight is 325 g/mol. The number of hydrogen-bond donors (Lipinski definition) is 0. The van der Waals surface area contributed by atoms with E-state index in [1.807, 2.05) is 24.3 Å². The van der Waals surface area contributed by atoms with Crippen LogP contribution in [-0.4, -0.2) is 22.7 Å². The summed E-state index contributed by atoms with van der Waals surface area (Å²) >= 11 is 5.98. The molecular formula is C17H13ClN4O. The molecule has 0 aliphatic carbocycles. The lowest BCUT2D eigenvalue weighted by Gasteiger charge is -2.19. The van der Waals surface area contributed by atoms with Gasteiger partial charge in [-0.3, -0.25) is 9.48 Å². The molecule has 0 saturated carbocycles. The Hall–Kier alpha value is -2.84. The Bertz CT molecular complexity index is 926. The fourth-order valence-corrected chi connectivity index (χ4v) is 2.56. The Morgan fingerprint density at radius 2 is 2.13 bits per heavy atom. The van der Waals surface area contributed by atoms with Crippen molar-refractivity contribution in [2.75, 3.05) is 11.9 Å². The lowest BCUT2D eigenvalue weighted by atomic mass is 10.2. The van der Waals surface area contributed by atoms with Crippen LogP contribution in [-0.2, 0) is 11.3 Å². The number of para-hydroxylation sites is 1. The highest BCUT2D eigenvalue weighted by Crippen LogP contribution is 2.24. The number of nitriles is 1. The Morgan fingerprint density at radius 3 is 2.91 bits per heavy atom. The minimum Gasteiger partial charge on any atom is -0.313 e. The van der Waals surface area contributed by atoms with Gasteiger partial charge in [-0.25, -0.2) is 0 Å². The molecule has 0 unspecified atom stereocenters. The summed E-state index contributed by atoms with van der Waals surface area (Å²) in [5.74, 6) is -0.183. The second-order valence-electron chi connectivity index (χ2n) is 5.09. The molecular weight excluding hydrogens is 312 g/mol. The predicted octanol–water partition coefficient (Wildman–Crippen LogP) is 3.22. The quantitative estimate of drug-likeness (QED) is 0.743. The standard InChI is InChI=1S/C17H13ClN4O/c1-21(16-8-14(18)7-6-12(16)9-19)17(23)11-22-15-5-3-2-4-13(15)10-20-22/h2-8,10H,11H2,1H3. The molecule has 0 fully saturated rings. The maximum Gasteiger partial charge on any atom is 0.248 e. The molecule has 1 heterocycles. The molecule has 0 aliphatic heterocycles. The molecule has 3 rings (SSSR count). The first kappa shape index (κ1) is 15.1. The normalized spacial score (nSPS) is 10.5. The van der Waals surface area contributed by atoms with E-state index in [4.69, 9.17) is 11.6 Å². The molecule has 0 aliphatic rings. The van der Waals surface area contributed by atoms with Crippen LogP contribution in [0.3, 0.4) is 0 Å². The first-order valence-corrected chi connectivity index (χ1v) is 7.34. The topological polar surface area (TPSA) is 61.9 Å². The summed E-state index contributed by atoms with van der Waals surface area (Å²) in [6, 6.07) is 14.6. The van der Waals surface area contributed by atoms with E-state index in [9.17, 15) is 10.1 Å². The van der Waals surface area contributed by atoms with E-state index in [-0.39, 0.29) is 12.5 Å². The van der Waals surface area contributed by atoms with Crippen molar-refractivity contribution in [1.82, 2.24) is 9.78 Å². The van der Waals surface area contributed by atoms with E-state index in [0.29, 0.717) is 16.3 Å². The predicted molar refractivity (Wildman–Crippen MR) is 89.3 cm³/mol. The van der Waals surface area contributed by atoms with Crippen LogP contribution in [0.5, 0.6) is 0 Å². The second-order valence-corrected chi connectivity index (χ2v) is 5.52. The number of rotatable bonds is 3. The lowest BCUT2D eigenvalue weighted by Crippen LogP contribution is -2.31. The molecule has 0 N–H and O–H groups in total. The SMILES string of the molecule is CN(C(=O)Cn1ncc2ccccc21)c1cc(Cl)ccc1C#N. The molecule has 0 bridgehead atoms. The number of likely N-dealkylation sites (N-methyl/N-ethyl adjacent to an activating group) is 1. The van der Waals surface area contributed by atoms with Crippen molar-refractivity contribution in [3.8, 4) is 6.07 Å². The summed E-state index contributed by atoms with van der Waals surface area (Å²) in [4.78, 5) is 14.0. The van der Waals surface area contributed by atoms with E-state index in [1.54, 1.807) is 36.1 Å². The van der Waals surface area contributed by atoms with Crippen molar-refractivity contribution in [1.29, 1.82) is 5.26 Å². The molecule has 3 aromatic rings. The molecule has 6 heteroatoms. The van der Waals surface area contributed by atoms with Crippen LogP contribution in [0.25, 0.3) is 10.9 Å². The molecule has 0 saturated heterocycles. The second kappa shape index (κ2) is 6.11. The summed E-state index contributed by atoms with van der Waals surface area (Å²) in [6.07, 6.45) is 1.72. The molecule has 2 aromatic carbocycles. The number of benzene rings is 2. The molecule has 0 atom stereocenters. The fraction of sp³-hybridized carbons (Fsp3) is 0.118. The largest absolute Gasteiger partial charge is 0.313 e. The van der Waals surface area contributed by atoms with Crippen LogP contribution in [0.15, 0.2) is 48.7 Å². The molecule has 0 spiro atoms. The molecule has 23 heavy (non-hydrogen) atoms. The summed E-state index contributed by atoms with van der Waals surface area (Å²) in [5, 5.41) is 14.9. The Balaban J connectivity index is 1.89. The summed E-state index contributed by atoms with van der Waals surface area (Å²) in [5.41, 5.74) is 1.78. The fourth-order valence-electron chi connectivity index (χ4n) is 2.40. The highest BCUT2D eigenvalue weighted by atomic mass is 35.5. The van der Waals surface area contributed by atoms with Crippen LogP contribution >= 0.6 is 11.6 Å². The van der Waals surface area contributed by atoms with Crippen LogP contribution in [0.2, 0.25) is 5.02 Å². The van der Waals surface area contributed by atoms with E-state index in [1.165, 1.54) is 4.90 Å². The van der Waals surface area contributed by atoms with Crippen LogP contribution < -0.4 is 4.90 Å². The van der Waals surface area contributed by atoms with Gasteiger partial charge in [-0.2, -0.15) is 10.4 Å². The van der Waals surface area contributed by atoms with Crippen molar-refractivity contribution in [2.45, 2.75) is 6.54 Å². The number of anilines is 1. The Labute approximate surface area is 138 Å².